The summed E-state index contributed by atoms with van der Waals surface area (Å²) in [6, 6.07) is 138. The molecule has 0 atom stereocenters. The molecule has 21 rings (SSSR count). The van der Waals surface area contributed by atoms with Crippen molar-refractivity contribution in [1.82, 2.24) is 4.57 Å². The number of aromatic nitrogens is 1. The fourth-order valence-corrected chi connectivity index (χ4v) is 19.3. The zero-order valence-electron chi connectivity index (χ0n) is 60.5. The predicted octanol–water partition coefficient (Wildman–Crippen LogP) is 29.3. The number of rotatable bonds is 12. The SMILES string of the molecule is CC1(C)c2ccccc2-c2ccc(N(c3ccc(-c4ccccc4)cc3)c3ccc(-c4ccc5c6ccc(-c7cccc8c7C(C)(C)c7cc(N(c9ccc(-c%10ccc%11c(c%10)c%10ccccc%10n%11-c%10ccccc%10)cc9)c9ccc(-c%10cc%11ccccc%11s%10)cc9)ccc7-8)cc6c6ccccc6c5c4)cc3)cc21. The number of thiophene rings is 1. The summed E-state index contributed by atoms with van der Waals surface area (Å²) in [5, 5.41) is 11.3. The van der Waals surface area contributed by atoms with E-state index in [1.165, 1.54) is 164 Å². The minimum Gasteiger partial charge on any atom is -0.310 e. The highest BCUT2D eigenvalue weighted by atomic mass is 32.1. The van der Waals surface area contributed by atoms with Crippen molar-refractivity contribution >= 4 is 110 Å². The lowest BCUT2D eigenvalue weighted by Crippen LogP contribution is -2.17. The number of anilines is 6. The smallest absolute Gasteiger partial charge is 0.0541 e. The fourth-order valence-electron chi connectivity index (χ4n) is 18.2. The van der Waals surface area contributed by atoms with Gasteiger partial charge in [0.2, 0.25) is 0 Å². The average molecular weight is 1400 g/mol. The van der Waals surface area contributed by atoms with Crippen molar-refractivity contribution in [2.24, 2.45) is 0 Å². The summed E-state index contributed by atoms with van der Waals surface area (Å²) in [5.41, 5.74) is 31.2. The maximum Gasteiger partial charge on any atom is 0.0541 e. The van der Waals surface area contributed by atoms with Gasteiger partial charge in [0.25, 0.3) is 0 Å². The van der Waals surface area contributed by atoms with E-state index in [0.29, 0.717) is 0 Å². The largest absolute Gasteiger partial charge is 0.310 e. The summed E-state index contributed by atoms with van der Waals surface area (Å²) < 4.78 is 3.68. The van der Waals surface area contributed by atoms with E-state index in [9.17, 15) is 0 Å². The van der Waals surface area contributed by atoms with Crippen molar-refractivity contribution in [2.45, 2.75) is 38.5 Å². The molecule has 0 unspecified atom stereocenters. The Kier molecular flexibility index (Phi) is 14.5. The third-order valence-electron chi connectivity index (χ3n) is 23.6. The van der Waals surface area contributed by atoms with E-state index in [4.69, 9.17) is 0 Å². The Morgan fingerprint density at radius 2 is 0.657 bits per heavy atom. The molecule has 19 aromatic rings. The molecule has 0 N–H and O–H groups in total. The molecular formula is C104H73N3S. The van der Waals surface area contributed by atoms with Crippen molar-refractivity contribution in [3.63, 3.8) is 0 Å². The molecule has 0 amide bonds. The van der Waals surface area contributed by atoms with Crippen LogP contribution in [-0.2, 0) is 10.8 Å². The quantitative estimate of drug-likeness (QED) is 0.113. The van der Waals surface area contributed by atoms with Crippen LogP contribution in [0.5, 0.6) is 0 Å². The lowest BCUT2D eigenvalue weighted by Gasteiger charge is -2.29. The third-order valence-corrected chi connectivity index (χ3v) is 24.7. The first kappa shape index (κ1) is 63.4. The van der Waals surface area contributed by atoms with Gasteiger partial charge in [-0.25, -0.2) is 0 Å². The Morgan fingerprint density at radius 3 is 1.29 bits per heavy atom. The number of hydrogen-bond acceptors (Lipinski definition) is 3. The van der Waals surface area contributed by atoms with Gasteiger partial charge in [0.15, 0.2) is 0 Å². The molecule has 2 aliphatic rings. The summed E-state index contributed by atoms with van der Waals surface area (Å²) in [6.45, 7) is 9.59. The first-order valence-corrected chi connectivity index (χ1v) is 38.4. The van der Waals surface area contributed by atoms with E-state index < -0.39 is 0 Å². The highest BCUT2D eigenvalue weighted by Gasteiger charge is 2.39. The molecule has 0 bridgehead atoms. The number of hydrogen-bond donors (Lipinski definition) is 0. The molecule has 0 aliphatic heterocycles. The van der Waals surface area contributed by atoms with Gasteiger partial charge in [-0.1, -0.05) is 270 Å². The summed E-state index contributed by atoms with van der Waals surface area (Å²) in [5.74, 6) is 0. The second-order valence-electron chi connectivity index (χ2n) is 30.3. The van der Waals surface area contributed by atoms with E-state index in [2.05, 4.69) is 412 Å². The van der Waals surface area contributed by atoms with Crippen LogP contribution in [0.4, 0.5) is 34.1 Å². The van der Waals surface area contributed by atoms with E-state index in [-0.39, 0.29) is 10.8 Å². The third kappa shape index (κ3) is 10.2. The molecule has 3 nitrogen and oxygen atoms in total. The van der Waals surface area contributed by atoms with Crippen molar-refractivity contribution in [3.05, 3.63) is 392 Å². The summed E-state index contributed by atoms with van der Waals surface area (Å²) in [7, 11) is 0. The molecule has 4 heteroatoms. The van der Waals surface area contributed by atoms with Crippen LogP contribution in [0, 0.1) is 0 Å². The van der Waals surface area contributed by atoms with Crippen LogP contribution in [0.2, 0.25) is 0 Å². The van der Waals surface area contributed by atoms with Crippen LogP contribution in [0.3, 0.4) is 0 Å². The van der Waals surface area contributed by atoms with Crippen molar-refractivity contribution in [1.29, 1.82) is 0 Å². The van der Waals surface area contributed by atoms with Gasteiger partial charge < -0.3 is 14.4 Å². The lowest BCUT2D eigenvalue weighted by molar-refractivity contribution is 0.660. The molecule has 2 aromatic heterocycles. The molecule has 510 valence electrons. The van der Waals surface area contributed by atoms with Gasteiger partial charge in [-0.05, 0) is 260 Å². The lowest BCUT2D eigenvalue weighted by atomic mass is 9.78. The second-order valence-corrected chi connectivity index (χ2v) is 31.4. The fraction of sp³-hybridized carbons (Fsp3) is 0.0577. The molecule has 2 heterocycles. The van der Waals surface area contributed by atoms with Crippen LogP contribution >= 0.6 is 11.3 Å². The van der Waals surface area contributed by atoms with Crippen molar-refractivity contribution in [3.8, 4) is 82.9 Å². The number of para-hydroxylation sites is 2. The van der Waals surface area contributed by atoms with Gasteiger partial charge >= 0.3 is 0 Å². The molecule has 108 heavy (non-hydrogen) atoms. The molecule has 17 aromatic carbocycles. The van der Waals surface area contributed by atoms with Gasteiger partial charge in [-0.3, -0.25) is 0 Å². The minimum absolute atomic E-state index is 0.131. The van der Waals surface area contributed by atoms with Crippen LogP contribution in [0.1, 0.15) is 49.9 Å². The van der Waals surface area contributed by atoms with Crippen LogP contribution in [-0.4, -0.2) is 4.57 Å². The predicted molar refractivity (Wildman–Crippen MR) is 460 cm³/mol. The zero-order valence-corrected chi connectivity index (χ0v) is 61.3. The monoisotopic (exact) mass is 1400 g/mol. The molecule has 0 spiro atoms. The summed E-state index contributed by atoms with van der Waals surface area (Å²) >= 11 is 1.85. The molecule has 0 saturated heterocycles. The maximum absolute atomic E-state index is 2.47. The maximum atomic E-state index is 2.47. The number of fused-ring (bicyclic) bond motifs is 16. The minimum atomic E-state index is -0.340. The van der Waals surface area contributed by atoms with Crippen LogP contribution < -0.4 is 9.80 Å². The Balaban J connectivity index is 0.617. The Hall–Kier alpha value is -13.1. The van der Waals surface area contributed by atoms with Gasteiger partial charge in [-0.15, -0.1) is 11.3 Å². The van der Waals surface area contributed by atoms with Crippen LogP contribution in [0.25, 0.3) is 147 Å². The summed E-state index contributed by atoms with van der Waals surface area (Å²) in [4.78, 5) is 6.14. The van der Waals surface area contributed by atoms with E-state index >= 15 is 0 Å². The van der Waals surface area contributed by atoms with Crippen molar-refractivity contribution in [2.75, 3.05) is 9.80 Å². The molecule has 0 radical (unpaired) electrons. The van der Waals surface area contributed by atoms with Gasteiger partial charge in [0.05, 0.1) is 11.0 Å². The normalized spacial score (nSPS) is 13.1. The topological polar surface area (TPSA) is 11.4 Å². The Labute approximate surface area is 633 Å². The van der Waals surface area contributed by atoms with Gasteiger partial charge in [0.1, 0.15) is 0 Å². The summed E-state index contributed by atoms with van der Waals surface area (Å²) in [6.07, 6.45) is 0. The highest BCUT2D eigenvalue weighted by Crippen LogP contribution is 2.56. The zero-order chi connectivity index (χ0) is 71.9. The first-order valence-electron chi connectivity index (χ1n) is 37.6. The van der Waals surface area contributed by atoms with Crippen molar-refractivity contribution < 1.29 is 0 Å². The van der Waals surface area contributed by atoms with Crippen LogP contribution in [0.15, 0.2) is 370 Å². The second kappa shape index (κ2) is 24.8. The Bertz CT molecular complexity index is 6770. The van der Waals surface area contributed by atoms with E-state index in [1.807, 2.05) is 11.3 Å². The Morgan fingerprint density at radius 1 is 0.241 bits per heavy atom. The average Bonchev–Trinajstić information content (AvgIpc) is 1.54. The molecule has 0 saturated carbocycles. The van der Waals surface area contributed by atoms with E-state index in [1.54, 1.807) is 0 Å². The number of nitrogens with zero attached hydrogens (tertiary/aromatic N) is 3. The van der Waals surface area contributed by atoms with Gasteiger partial charge in [-0.2, -0.15) is 0 Å². The van der Waals surface area contributed by atoms with Gasteiger partial charge in [0, 0.05) is 71.0 Å². The molecule has 0 fully saturated rings. The molecule has 2 aliphatic carbocycles. The standard InChI is InChI=1S/C104H73N3S/c1-103(2)95-31-16-14-27-87(95)88-57-53-80(64-96(88)103)105(76-45-34-67(35-46-76)66-20-7-5-8-21-66)77-47-36-68(37-48-77)71-42-55-85-86-56-43-73(62-93(86)84-26-13-12-25-83(84)92(85)60-71)82-29-19-30-91-89-58-54-81(65-97(89)104(3,4)102(82)91)106(79-51-40-70(41-52-79)101-63-74-22-11-18-33-100(74)108-101)78-49-38-69(39-50-78)72-44-59-99-94(61-72)90-28-15-17-32-98(90)107(99)75-23-9-6-10-24-75/h5-65H,1-4H3. The first-order chi connectivity index (χ1) is 53.0. The highest BCUT2D eigenvalue weighted by molar-refractivity contribution is 7.22. The molecular weight excluding hydrogens is 1320 g/mol. The number of benzene rings is 17. The van der Waals surface area contributed by atoms with E-state index in [0.717, 1.165) is 39.8 Å².